The largest absolute Gasteiger partial charge is 0.352 e. The molecule has 4 heteroatoms. The number of halogens is 1. The van der Waals surface area contributed by atoms with Crippen LogP contribution in [0.5, 0.6) is 0 Å². The van der Waals surface area contributed by atoms with Crippen molar-refractivity contribution < 1.29 is 4.79 Å². The molecule has 0 spiro atoms. The van der Waals surface area contributed by atoms with Crippen LogP contribution in [0.3, 0.4) is 0 Å². The number of nitrogens with one attached hydrogen (secondary N) is 1. The van der Waals surface area contributed by atoms with Gasteiger partial charge in [-0.05, 0) is 50.7 Å². The molecule has 1 heterocycles. The Morgan fingerprint density at radius 2 is 2.11 bits per heavy atom. The molecule has 19 heavy (non-hydrogen) atoms. The Bertz CT molecular complexity index is 461. The number of aromatic nitrogens is 1. The van der Waals surface area contributed by atoms with E-state index in [0.29, 0.717) is 23.3 Å². The summed E-state index contributed by atoms with van der Waals surface area (Å²) >= 11 is 5.95. The minimum absolute atomic E-state index is 0.0229. The molecule has 2 atom stereocenters. The summed E-state index contributed by atoms with van der Waals surface area (Å²) in [6.07, 6.45) is 3.58. The van der Waals surface area contributed by atoms with Gasteiger partial charge in [0.1, 0.15) is 0 Å². The molecule has 0 radical (unpaired) electrons. The van der Waals surface area contributed by atoms with Gasteiger partial charge in [0.05, 0.1) is 11.3 Å². The van der Waals surface area contributed by atoms with Crippen molar-refractivity contribution in [3.05, 3.63) is 29.1 Å². The van der Waals surface area contributed by atoms with E-state index in [1.54, 1.807) is 0 Å². The quantitative estimate of drug-likeness (QED) is 0.861. The van der Waals surface area contributed by atoms with E-state index < -0.39 is 0 Å². The first-order valence-electron chi connectivity index (χ1n) is 6.90. The van der Waals surface area contributed by atoms with Crippen LogP contribution in [0.1, 0.15) is 41.0 Å². The van der Waals surface area contributed by atoms with Crippen LogP contribution in [0.4, 0.5) is 0 Å². The van der Waals surface area contributed by atoms with Gasteiger partial charge in [-0.15, -0.1) is 11.6 Å². The highest BCUT2D eigenvalue weighted by molar-refractivity contribution is 6.18. The Morgan fingerprint density at radius 3 is 2.79 bits per heavy atom. The predicted molar refractivity (Wildman–Crippen MR) is 77.6 cm³/mol. The molecule has 1 aromatic heterocycles. The average molecular weight is 281 g/mol. The first-order valence-corrected chi connectivity index (χ1v) is 7.43. The van der Waals surface area contributed by atoms with Gasteiger partial charge in [-0.2, -0.15) is 0 Å². The molecule has 0 aromatic carbocycles. The number of rotatable bonds is 4. The van der Waals surface area contributed by atoms with E-state index in [4.69, 9.17) is 11.6 Å². The molecule has 1 amide bonds. The Balaban J connectivity index is 1.94. The van der Waals surface area contributed by atoms with Crippen LogP contribution in [-0.2, 0) is 0 Å². The maximum absolute atomic E-state index is 12.1. The lowest BCUT2D eigenvalue weighted by atomic mass is 9.98. The average Bonchev–Trinajstić information content (AvgIpc) is 2.83. The van der Waals surface area contributed by atoms with E-state index in [9.17, 15) is 4.79 Å². The van der Waals surface area contributed by atoms with Crippen molar-refractivity contribution in [1.82, 2.24) is 10.3 Å². The van der Waals surface area contributed by atoms with Crippen molar-refractivity contribution in [3.8, 4) is 0 Å². The van der Waals surface area contributed by atoms with Crippen LogP contribution >= 0.6 is 11.6 Å². The minimum atomic E-state index is -0.0229. The van der Waals surface area contributed by atoms with Crippen molar-refractivity contribution in [1.29, 1.82) is 0 Å². The molecule has 2 unspecified atom stereocenters. The summed E-state index contributed by atoms with van der Waals surface area (Å²) in [5.41, 5.74) is 2.40. The van der Waals surface area contributed by atoms with Crippen molar-refractivity contribution in [2.75, 3.05) is 12.4 Å². The number of hydrogen-bond donors (Lipinski definition) is 1. The van der Waals surface area contributed by atoms with E-state index in [-0.39, 0.29) is 5.91 Å². The summed E-state index contributed by atoms with van der Waals surface area (Å²) in [5.74, 6) is 1.76. The molecular weight excluding hydrogens is 260 g/mol. The van der Waals surface area contributed by atoms with E-state index >= 15 is 0 Å². The normalized spacial score (nSPS) is 22.5. The summed E-state index contributed by atoms with van der Waals surface area (Å²) in [5, 5.41) is 3.03. The molecule has 0 bridgehead atoms. The lowest BCUT2D eigenvalue weighted by Gasteiger charge is -2.18. The summed E-state index contributed by atoms with van der Waals surface area (Å²) < 4.78 is 0. The molecule has 1 aromatic rings. The number of carbonyl (C=O) groups excluding carboxylic acids is 1. The smallest absolute Gasteiger partial charge is 0.253 e. The Morgan fingerprint density at radius 1 is 1.37 bits per heavy atom. The van der Waals surface area contributed by atoms with E-state index in [0.717, 1.165) is 17.9 Å². The van der Waals surface area contributed by atoms with Crippen LogP contribution in [0.2, 0.25) is 0 Å². The van der Waals surface area contributed by atoms with Crippen LogP contribution < -0.4 is 5.32 Å². The predicted octanol–water partition coefficient (Wildman–Crippen LogP) is 3.08. The fourth-order valence-electron chi connectivity index (χ4n) is 2.83. The van der Waals surface area contributed by atoms with E-state index in [1.165, 1.54) is 19.3 Å². The second kappa shape index (κ2) is 6.38. The molecule has 104 valence electrons. The van der Waals surface area contributed by atoms with Gasteiger partial charge in [0.15, 0.2) is 0 Å². The van der Waals surface area contributed by atoms with Gasteiger partial charge in [0, 0.05) is 18.1 Å². The molecule has 1 aliphatic carbocycles. The van der Waals surface area contributed by atoms with Crippen LogP contribution in [0.15, 0.2) is 12.1 Å². The van der Waals surface area contributed by atoms with Crippen LogP contribution in [0.25, 0.3) is 0 Å². The molecule has 3 nitrogen and oxygen atoms in total. The van der Waals surface area contributed by atoms with Crippen molar-refractivity contribution in [2.45, 2.75) is 33.1 Å². The lowest BCUT2D eigenvalue weighted by Crippen LogP contribution is -2.31. The Kier molecular flexibility index (Phi) is 4.81. The zero-order chi connectivity index (χ0) is 13.8. The Labute approximate surface area is 119 Å². The fraction of sp³-hybridized carbons (Fsp3) is 0.600. The molecule has 1 saturated carbocycles. The van der Waals surface area contributed by atoms with Gasteiger partial charge in [0.2, 0.25) is 0 Å². The third-order valence-electron chi connectivity index (χ3n) is 4.01. The number of alkyl halides is 1. The van der Waals surface area contributed by atoms with Crippen LogP contribution in [-0.4, -0.2) is 23.3 Å². The van der Waals surface area contributed by atoms with Gasteiger partial charge >= 0.3 is 0 Å². The zero-order valence-electron chi connectivity index (χ0n) is 11.6. The van der Waals surface area contributed by atoms with Gasteiger partial charge in [-0.3, -0.25) is 9.78 Å². The standard InChI is InChI=1S/C15H21ClN2O/c1-10-6-7-14(11(2)18-10)15(19)17-9-13-5-3-4-12(13)8-16/h6-7,12-13H,3-5,8-9H2,1-2H3,(H,17,19). The number of pyridine rings is 1. The summed E-state index contributed by atoms with van der Waals surface area (Å²) in [7, 11) is 0. The third kappa shape index (κ3) is 3.47. The maximum Gasteiger partial charge on any atom is 0.253 e. The molecular formula is C15H21ClN2O. The first kappa shape index (κ1) is 14.3. The highest BCUT2D eigenvalue weighted by Crippen LogP contribution is 2.31. The van der Waals surface area contributed by atoms with Gasteiger partial charge in [-0.1, -0.05) is 6.42 Å². The second-order valence-corrected chi connectivity index (χ2v) is 5.71. The lowest BCUT2D eigenvalue weighted by molar-refractivity contribution is 0.0943. The number of carbonyl (C=O) groups is 1. The van der Waals surface area contributed by atoms with E-state index in [2.05, 4.69) is 10.3 Å². The van der Waals surface area contributed by atoms with Gasteiger partial charge < -0.3 is 5.32 Å². The highest BCUT2D eigenvalue weighted by Gasteiger charge is 2.26. The second-order valence-electron chi connectivity index (χ2n) is 5.40. The van der Waals surface area contributed by atoms with Crippen molar-refractivity contribution in [3.63, 3.8) is 0 Å². The number of nitrogens with zero attached hydrogens (tertiary/aromatic N) is 1. The highest BCUT2D eigenvalue weighted by atomic mass is 35.5. The van der Waals surface area contributed by atoms with Crippen molar-refractivity contribution in [2.24, 2.45) is 11.8 Å². The maximum atomic E-state index is 12.1. The number of aryl methyl sites for hydroxylation is 2. The monoisotopic (exact) mass is 280 g/mol. The molecule has 1 fully saturated rings. The SMILES string of the molecule is Cc1ccc(C(=O)NCC2CCCC2CCl)c(C)n1. The number of amides is 1. The zero-order valence-corrected chi connectivity index (χ0v) is 12.3. The molecule has 2 rings (SSSR count). The van der Waals surface area contributed by atoms with Crippen LogP contribution in [0, 0.1) is 25.7 Å². The minimum Gasteiger partial charge on any atom is -0.352 e. The van der Waals surface area contributed by atoms with Gasteiger partial charge in [0.25, 0.3) is 5.91 Å². The molecule has 1 N–H and O–H groups in total. The summed E-state index contributed by atoms with van der Waals surface area (Å²) in [6, 6.07) is 3.72. The van der Waals surface area contributed by atoms with Gasteiger partial charge in [-0.25, -0.2) is 0 Å². The molecule has 0 aliphatic heterocycles. The number of hydrogen-bond acceptors (Lipinski definition) is 2. The Hall–Kier alpha value is -1.09. The molecule has 0 saturated heterocycles. The fourth-order valence-corrected chi connectivity index (χ4v) is 3.24. The topological polar surface area (TPSA) is 42.0 Å². The van der Waals surface area contributed by atoms with E-state index in [1.807, 2.05) is 26.0 Å². The molecule has 1 aliphatic rings. The van der Waals surface area contributed by atoms with Crippen molar-refractivity contribution >= 4 is 17.5 Å². The summed E-state index contributed by atoms with van der Waals surface area (Å²) in [6.45, 7) is 4.53. The third-order valence-corrected chi connectivity index (χ3v) is 4.41. The first-order chi connectivity index (χ1) is 9.11. The summed E-state index contributed by atoms with van der Waals surface area (Å²) in [4.78, 5) is 16.5.